The fraction of sp³-hybridized carbons (Fsp3) is 1.00. The van der Waals surface area contributed by atoms with Gasteiger partial charge in [0.15, 0.2) is 13.1 Å². The molecular weight excluding hydrogens is 300 g/mol. The minimum absolute atomic E-state index is 0.659. The molecule has 5 atom stereocenters. The van der Waals surface area contributed by atoms with Gasteiger partial charge in [0.1, 0.15) is 0 Å². The van der Waals surface area contributed by atoms with Crippen molar-refractivity contribution in [1.29, 1.82) is 0 Å². The van der Waals surface area contributed by atoms with Gasteiger partial charge in [-0.3, -0.25) is 0 Å². The summed E-state index contributed by atoms with van der Waals surface area (Å²) in [5, 5.41) is 1.74. The Morgan fingerprint density at radius 1 is 0.682 bits per heavy atom. The molecule has 0 aromatic rings. The van der Waals surface area contributed by atoms with Crippen molar-refractivity contribution in [2.24, 2.45) is 0 Å². The molecule has 2 aliphatic carbocycles. The SMILES string of the molecule is [B][B]C1CCCC2[B]SC3CCCCCCC3S[B]C2CC1. The monoisotopic (exact) mass is 327 g/mol. The van der Waals surface area contributed by atoms with E-state index in [-0.39, 0.29) is 0 Å². The standard InChI is InChI=1S/C16H27B4S2/c17-18-12-6-5-7-13-14(11-10-12)20-22-16-9-4-2-1-3-8-15(16)21-19-13/h12-16H,1-11H2. The highest BCUT2D eigenvalue weighted by molar-refractivity contribution is 8.26. The van der Waals surface area contributed by atoms with Crippen LogP contribution in [0.5, 0.6) is 0 Å². The Morgan fingerprint density at radius 3 is 1.95 bits per heavy atom. The molecule has 1 heterocycles. The normalized spacial score (nSPS) is 40.6. The Morgan fingerprint density at radius 2 is 1.32 bits per heavy atom. The van der Waals surface area contributed by atoms with E-state index in [2.05, 4.69) is 36.3 Å². The van der Waals surface area contributed by atoms with Gasteiger partial charge in [-0.25, -0.2) is 23.2 Å². The van der Waals surface area contributed by atoms with Crippen molar-refractivity contribution < 1.29 is 0 Å². The summed E-state index contributed by atoms with van der Waals surface area (Å²) in [4.78, 5) is 0. The van der Waals surface area contributed by atoms with Crippen molar-refractivity contribution in [2.75, 3.05) is 0 Å². The summed E-state index contributed by atoms with van der Waals surface area (Å²) in [6, 6.07) is 0. The van der Waals surface area contributed by atoms with E-state index in [1.807, 2.05) is 7.17 Å². The van der Waals surface area contributed by atoms with Gasteiger partial charge >= 0.3 is 0 Å². The summed E-state index contributed by atoms with van der Waals surface area (Å²) in [5.74, 6) is 2.25. The van der Waals surface area contributed by atoms with Gasteiger partial charge in [-0.2, -0.15) is 0 Å². The van der Waals surface area contributed by atoms with Gasteiger partial charge in [0, 0.05) is 18.2 Å². The molecule has 0 aromatic heterocycles. The average molecular weight is 327 g/mol. The zero-order valence-electron chi connectivity index (χ0n) is 13.8. The Balaban J connectivity index is 1.60. The lowest BCUT2D eigenvalue weighted by molar-refractivity contribution is 0.500. The molecule has 3 rings (SSSR count). The Bertz CT molecular complexity index is 331. The smallest absolute Gasteiger partial charge is 0.195 e. The summed E-state index contributed by atoms with van der Waals surface area (Å²) < 4.78 is 0. The lowest BCUT2D eigenvalue weighted by Crippen LogP contribution is -2.30. The topological polar surface area (TPSA) is 0 Å². The minimum Gasteiger partial charge on any atom is -0.213 e. The largest absolute Gasteiger partial charge is 0.213 e. The minimum atomic E-state index is 0.659. The molecule has 0 spiro atoms. The zero-order chi connectivity index (χ0) is 15.2. The Kier molecular flexibility index (Phi) is 7.63. The second-order valence-corrected chi connectivity index (χ2v) is 9.70. The van der Waals surface area contributed by atoms with E-state index in [9.17, 15) is 0 Å². The molecule has 0 amide bonds. The molecule has 0 aromatic carbocycles. The molecular formula is C16H27B4S2. The molecule has 1 aliphatic heterocycles. The van der Waals surface area contributed by atoms with Crippen LogP contribution in [0.4, 0.5) is 0 Å². The molecule has 3 aliphatic rings. The van der Waals surface area contributed by atoms with Crippen molar-refractivity contribution in [3.05, 3.63) is 0 Å². The molecule has 2 saturated carbocycles. The van der Waals surface area contributed by atoms with Gasteiger partial charge in [-0.15, -0.1) is 0 Å². The fourth-order valence-electron chi connectivity index (χ4n) is 4.26. The molecule has 5 radical (unpaired) electrons. The van der Waals surface area contributed by atoms with Gasteiger partial charge in [0.2, 0.25) is 0 Å². The van der Waals surface area contributed by atoms with E-state index in [4.69, 9.17) is 7.74 Å². The number of fused-ring (bicyclic) bond motifs is 2. The van der Waals surface area contributed by atoms with Crippen LogP contribution in [0.1, 0.15) is 70.6 Å². The highest BCUT2D eigenvalue weighted by Gasteiger charge is 2.33. The molecule has 0 N–H and O–H groups in total. The second kappa shape index (κ2) is 9.44. The maximum absolute atomic E-state index is 5.81. The van der Waals surface area contributed by atoms with E-state index in [0.717, 1.165) is 22.1 Å². The van der Waals surface area contributed by atoms with Crippen LogP contribution >= 0.6 is 23.2 Å². The number of hydrogen-bond donors (Lipinski definition) is 0. The predicted octanol–water partition coefficient (Wildman–Crippen LogP) is 4.91. The summed E-state index contributed by atoms with van der Waals surface area (Å²) in [6.45, 7) is 5.31. The highest BCUT2D eigenvalue weighted by atomic mass is 32.2. The lowest BCUT2D eigenvalue weighted by atomic mass is 9.44. The molecule has 0 bridgehead atoms. The summed E-state index contributed by atoms with van der Waals surface area (Å²) in [5.41, 5.74) is 0. The zero-order valence-corrected chi connectivity index (χ0v) is 15.4. The van der Waals surface area contributed by atoms with Crippen molar-refractivity contribution in [3.63, 3.8) is 0 Å². The van der Waals surface area contributed by atoms with E-state index in [1.54, 1.807) is 0 Å². The van der Waals surface area contributed by atoms with Crippen LogP contribution in [0.15, 0.2) is 0 Å². The Labute approximate surface area is 149 Å². The second-order valence-electron chi connectivity index (χ2n) is 7.40. The van der Waals surface area contributed by atoms with Crippen molar-refractivity contribution in [3.8, 4) is 0 Å². The third kappa shape index (κ3) is 4.98. The Hall–Kier alpha value is 0.960. The van der Waals surface area contributed by atoms with Crippen LogP contribution in [-0.2, 0) is 0 Å². The van der Waals surface area contributed by atoms with Crippen molar-refractivity contribution in [2.45, 2.75) is 98.6 Å². The molecule has 6 heteroatoms. The van der Waals surface area contributed by atoms with E-state index < -0.39 is 0 Å². The van der Waals surface area contributed by atoms with Crippen LogP contribution in [-0.4, -0.2) is 38.5 Å². The van der Waals surface area contributed by atoms with Crippen LogP contribution in [0, 0.1) is 0 Å². The molecule has 1 saturated heterocycles. The van der Waals surface area contributed by atoms with Crippen LogP contribution in [0.3, 0.4) is 0 Å². The van der Waals surface area contributed by atoms with Gasteiger partial charge in [-0.1, -0.05) is 75.2 Å². The van der Waals surface area contributed by atoms with Crippen LogP contribution in [0.25, 0.3) is 0 Å². The lowest BCUT2D eigenvalue weighted by Gasteiger charge is -2.38. The first-order valence-electron chi connectivity index (χ1n) is 9.39. The number of rotatable bonds is 1. The van der Waals surface area contributed by atoms with Crippen LogP contribution < -0.4 is 0 Å². The van der Waals surface area contributed by atoms with E-state index in [0.29, 0.717) is 5.82 Å². The molecule has 115 valence electrons. The van der Waals surface area contributed by atoms with E-state index in [1.165, 1.54) is 70.6 Å². The first kappa shape index (κ1) is 17.8. The first-order valence-corrected chi connectivity index (χ1v) is 11.3. The third-order valence-corrected chi connectivity index (χ3v) is 8.82. The van der Waals surface area contributed by atoms with Gasteiger partial charge in [0.25, 0.3) is 0 Å². The van der Waals surface area contributed by atoms with Crippen LogP contribution in [0.2, 0.25) is 17.5 Å². The van der Waals surface area contributed by atoms with Gasteiger partial charge in [0.05, 0.1) is 7.17 Å². The molecule has 22 heavy (non-hydrogen) atoms. The molecule has 5 unspecified atom stereocenters. The molecule has 3 fully saturated rings. The third-order valence-electron chi connectivity index (χ3n) is 5.80. The molecule has 0 nitrogen and oxygen atoms in total. The quantitative estimate of drug-likeness (QED) is 0.628. The van der Waals surface area contributed by atoms with E-state index >= 15 is 0 Å². The van der Waals surface area contributed by atoms with Gasteiger partial charge < -0.3 is 0 Å². The first-order chi connectivity index (χ1) is 10.9. The highest BCUT2D eigenvalue weighted by Crippen LogP contribution is 2.47. The summed E-state index contributed by atoms with van der Waals surface area (Å²) >= 11 is 4.42. The maximum Gasteiger partial charge on any atom is 0.195 e. The fourth-order valence-corrected chi connectivity index (χ4v) is 7.35. The maximum atomic E-state index is 5.81. The summed E-state index contributed by atoms with van der Waals surface area (Å²) in [6.07, 6.45) is 15.3. The number of hydrogen-bond acceptors (Lipinski definition) is 2. The van der Waals surface area contributed by atoms with Crippen molar-refractivity contribution >= 4 is 51.2 Å². The predicted molar refractivity (Wildman–Crippen MR) is 108 cm³/mol. The van der Waals surface area contributed by atoms with Crippen molar-refractivity contribution in [1.82, 2.24) is 0 Å². The average Bonchev–Trinajstić information content (AvgIpc) is 2.48. The summed E-state index contributed by atoms with van der Waals surface area (Å²) in [7, 11) is 7.77. The van der Waals surface area contributed by atoms with Gasteiger partial charge in [-0.05, 0) is 12.8 Å².